The number of esters is 1. The summed E-state index contributed by atoms with van der Waals surface area (Å²) >= 11 is 0. The predicted octanol–water partition coefficient (Wildman–Crippen LogP) is 1.04. The van der Waals surface area contributed by atoms with Crippen LogP contribution in [0.15, 0.2) is 0 Å². The van der Waals surface area contributed by atoms with Crippen LogP contribution in [-0.4, -0.2) is 33.7 Å². The van der Waals surface area contributed by atoms with Crippen molar-refractivity contribution in [3.63, 3.8) is 0 Å². The van der Waals surface area contributed by atoms with Crippen LogP contribution in [0, 0.1) is 11.3 Å². The Morgan fingerprint density at radius 3 is 2.06 bits per heavy atom. The van der Waals surface area contributed by atoms with Crippen LogP contribution < -0.4 is 0 Å². The van der Waals surface area contributed by atoms with Gasteiger partial charge in [0.15, 0.2) is 0 Å². The maximum absolute atomic E-state index is 11.6. The van der Waals surface area contributed by atoms with Gasteiger partial charge in [-0.15, -0.1) is 0 Å². The molecule has 1 atom stereocenters. The third kappa shape index (κ3) is 1.51. The first-order valence-corrected chi connectivity index (χ1v) is 6.00. The number of hydrogen-bond donors (Lipinski definition) is 2. The molecule has 1 unspecified atom stereocenters. The number of rotatable bonds is 3. The molecule has 3 aliphatic rings. The van der Waals surface area contributed by atoms with Crippen molar-refractivity contribution in [3.05, 3.63) is 0 Å². The van der Waals surface area contributed by atoms with Crippen molar-refractivity contribution in [2.24, 2.45) is 11.3 Å². The summed E-state index contributed by atoms with van der Waals surface area (Å²) in [6.45, 7) is 1.11. The normalized spacial score (nSPS) is 38.2. The highest BCUT2D eigenvalue weighted by Crippen LogP contribution is 2.58. The molecule has 6 heteroatoms. The molecular weight excluding hydrogens is 240 g/mol. The largest absolute Gasteiger partial charge is 0.481 e. The first-order valence-electron chi connectivity index (χ1n) is 6.00. The second-order valence-electron chi connectivity index (χ2n) is 5.26. The first kappa shape index (κ1) is 12.9. The fourth-order valence-corrected chi connectivity index (χ4v) is 3.49. The fourth-order valence-electron chi connectivity index (χ4n) is 3.49. The van der Waals surface area contributed by atoms with Crippen LogP contribution in [0.4, 0.5) is 0 Å². The van der Waals surface area contributed by atoms with Crippen LogP contribution in [-0.2, 0) is 19.1 Å². The van der Waals surface area contributed by atoms with Gasteiger partial charge in [0.25, 0.3) is 0 Å². The molecule has 2 N–H and O–H groups in total. The van der Waals surface area contributed by atoms with E-state index in [1.807, 2.05) is 0 Å². The summed E-state index contributed by atoms with van der Waals surface area (Å²) in [7, 11) is 0. The molecule has 3 fully saturated rings. The number of carbonyl (C=O) groups is 3. The smallest absolute Gasteiger partial charge is 0.349 e. The Bertz CT molecular complexity index is 407. The van der Waals surface area contributed by atoms with Crippen molar-refractivity contribution >= 4 is 17.9 Å². The molecule has 18 heavy (non-hydrogen) atoms. The lowest BCUT2D eigenvalue weighted by atomic mass is 9.52. The minimum atomic E-state index is -1.90. The zero-order valence-electron chi connectivity index (χ0n) is 10.1. The second-order valence-corrected chi connectivity index (χ2v) is 5.26. The molecule has 0 aromatic carbocycles. The van der Waals surface area contributed by atoms with Crippen molar-refractivity contribution in [2.75, 3.05) is 0 Å². The SMILES string of the molecule is CC(=O)OC1(C(=O)O)CC2CCC1(C(=O)O)CC2. The van der Waals surface area contributed by atoms with Gasteiger partial charge < -0.3 is 14.9 Å². The zero-order valence-corrected chi connectivity index (χ0v) is 10.1. The maximum atomic E-state index is 11.6. The van der Waals surface area contributed by atoms with Gasteiger partial charge in [-0.1, -0.05) is 0 Å². The molecule has 0 aliphatic heterocycles. The number of hydrogen-bond acceptors (Lipinski definition) is 4. The van der Waals surface area contributed by atoms with E-state index in [0.717, 1.165) is 6.92 Å². The van der Waals surface area contributed by atoms with E-state index in [0.29, 0.717) is 12.8 Å². The minimum Gasteiger partial charge on any atom is -0.481 e. The Balaban J connectivity index is 2.52. The van der Waals surface area contributed by atoms with Gasteiger partial charge >= 0.3 is 17.9 Å². The Morgan fingerprint density at radius 2 is 1.67 bits per heavy atom. The molecule has 0 aromatic rings. The van der Waals surface area contributed by atoms with Crippen molar-refractivity contribution in [1.29, 1.82) is 0 Å². The number of aliphatic carboxylic acids is 2. The third-order valence-electron chi connectivity index (χ3n) is 4.38. The molecule has 2 bridgehead atoms. The summed E-state index contributed by atoms with van der Waals surface area (Å²) in [6, 6.07) is 0. The van der Waals surface area contributed by atoms with Gasteiger partial charge in [0, 0.05) is 13.3 Å². The van der Waals surface area contributed by atoms with Crippen LogP contribution in [0.2, 0.25) is 0 Å². The minimum absolute atomic E-state index is 0.105. The zero-order chi connectivity index (χ0) is 13.6. The Morgan fingerprint density at radius 1 is 1.11 bits per heavy atom. The van der Waals surface area contributed by atoms with E-state index < -0.39 is 28.9 Å². The Kier molecular flexibility index (Phi) is 2.83. The van der Waals surface area contributed by atoms with Crippen LogP contribution in [0.25, 0.3) is 0 Å². The maximum Gasteiger partial charge on any atom is 0.349 e. The molecule has 0 spiro atoms. The molecular formula is C12H16O6. The van der Waals surface area contributed by atoms with Crippen LogP contribution in [0.5, 0.6) is 0 Å². The molecule has 0 aromatic heterocycles. The first-order chi connectivity index (χ1) is 8.34. The standard InChI is InChI=1S/C12H16O6/c1-7(13)18-12(10(16)17)6-8-2-4-11(12,5-3-8)9(14)15/h8H,2-6H2,1H3,(H,14,15)(H,16,17). The van der Waals surface area contributed by atoms with E-state index in [9.17, 15) is 24.6 Å². The van der Waals surface area contributed by atoms with Gasteiger partial charge in [-0.25, -0.2) is 4.79 Å². The summed E-state index contributed by atoms with van der Waals surface area (Å²) in [5.41, 5.74) is -3.37. The van der Waals surface area contributed by atoms with E-state index >= 15 is 0 Å². The molecule has 0 saturated heterocycles. The Hall–Kier alpha value is -1.59. The van der Waals surface area contributed by atoms with Crippen molar-refractivity contribution in [3.8, 4) is 0 Å². The van der Waals surface area contributed by atoms with Gasteiger partial charge in [-0.3, -0.25) is 9.59 Å². The van der Waals surface area contributed by atoms with E-state index in [1.165, 1.54) is 0 Å². The van der Waals surface area contributed by atoms with Gasteiger partial charge in [0.05, 0.1) is 0 Å². The molecule has 100 valence electrons. The predicted molar refractivity (Wildman–Crippen MR) is 58.8 cm³/mol. The summed E-state index contributed by atoms with van der Waals surface area (Å²) in [6.07, 6.45) is 1.98. The van der Waals surface area contributed by atoms with E-state index in [-0.39, 0.29) is 25.2 Å². The molecule has 3 rings (SSSR count). The molecule has 3 aliphatic carbocycles. The average molecular weight is 256 g/mol. The number of carboxylic acids is 2. The van der Waals surface area contributed by atoms with Crippen molar-refractivity contribution in [1.82, 2.24) is 0 Å². The fraction of sp³-hybridized carbons (Fsp3) is 0.750. The van der Waals surface area contributed by atoms with Crippen LogP contribution >= 0.6 is 0 Å². The topological polar surface area (TPSA) is 101 Å². The van der Waals surface area contributed by atoms with Crippen molar-refractivity contribution < 1.29 is 29.3 Å². The molecule has 0 radical (unpaired) electrons. The third-order valence-corrected chi connectivity index (χ3v) is 4.38. The summed E-state index contributed by atoms with van der Waals surface area (Å²) < 4.78 is 5.02. The van der Waals surface area contributed by atoms with E-state index in [2.05, 4.69) is 0 Å². The van der Waals surface area contributed by atoms with Gasteiger partial charge in [-0.05, 0) is 31.6 Å². The lowest BCUT2D eigenvalue weighted by Gasteiger charge is -2.53. The number of ether oxygens (including phenoxy) is 1. The number of carbonyl (C=O) groups excluding carboxylic acids is 1. The summed E-state index contributed by atoms with van der Waals surface area (Å²) in [5, 5.41) is 18.9. The Labute approximate surface area is 104 Å². The van der Waals surface area contributed by atoms with E-state index in [4.69, 9.17) is 4.74 Å². The highest BCUT2D eigenvalue weighted by Gasteiger charge is 2.69. The monoisotopic (exact) mass is 256 g/mol. The molecule has 0 amide bonds. The molecule has 0 heterocycles. The lowest BCUT2D eigenvalue weighted by Crippen LogP contribution is -2.65. The highest BCUT2D eigenvalue weighted by atomic mass is 16.6. The average Bonchev–Trinajstić information content (AvgIpc) is 2.29. The van der Waals surface area contributed by atoms with Gasteiger partial charge in [-0.2, -0.15) is 0 Å². The number of fused-ring (bicyclic) bond motifs is 3. The molecule has 3 saturated carbocycles. The van der Waals surface area contributed by atoms with Gasteiger partial charge in [0.1, 0.15) is 5.41 Å². The lowest BCUT2D eigenvalue weighted by molar-refractivity contribution is -0.223. The summed E-state index contributed by atoms with van der Waals surface area (Å²) in [5.74, 6) is -3.14. The van der Waals surface area contributed by atoms with Gasteiger partial charge in [0.2, 0.25) is 5.60 Å². The molecule has 6 nitrogen and oxygen atoms in total. The highest BCUT2D eigenvalue weighted by molar-refractivity contribution is 5.91. The quantitative estimate of drug-likeness (QED) is 0.731. The van der Waals surface area contributed by atoms with Crippen molar-refractivity contribution in [2.45, 2.75) is 44.6 Å². The second kappa shape index (κ2) is 3.96. The summed E-state index contributed by atoms with van der Waals surface area (Å²) in [4.78, 5) is 34.3. The number of carboxylic acid groups (broad SMARTS) is 2. The van der Waals surface area contributed by atoms with Crippen LogP contribution in [0.1, 0.15) is 39.0 Å². The van der Waals surface area contributed by atoms with E-state index in [1.54, 1.807) is 0 Å². The van der Waals surface area contributed by atoms with Crippen LogP contribution in [0.3, 0.4) is 0 Å².